The molecule has 1 N–H and O–H groups in total. The van der Waals surface area contributed by atoms with Gasteiger partial charge in [0.2, 0.25) is 0 Å². The summed E-state index contributed by atoms with van der Waals surface area (Å²) in [5, 5.41) is 8.56. The largest absolute Gasteiger partial charge is 0.396 e. The Hall–Kier alpha value is 0.210. The van der Waals surface area contributed by atoms with Crippen molar-refractivity contribution in [2.45, 2.75) is 6.92 Å². The number of hydrogen-bond donors (Lipinski definition) is 1. The Balaban J connectivity index is 0. The third-order valence-corrected chi connectivity index (χ3v) is 0.988. The van der Waals surface area contributed by atoms with E-state index in [-0.39, 0.29) is 19.0 Å². The SMILES string of the molecule is C[C@@H](CO)CN(C)C.Cl. The first-order valence-corrected chi connectivity index (χ1v) is 2.92. The standard InChI is InChI=1S/C6H15NO.ClH/c1-6(5-8)4-7(2)3;/h6,8H,4-5H2,1-3H3;1H/t6-;/m1./s1. The minimum Gasteiger partial charge on any atom is -0.396 e. The molecule has 0 aliphatic heterocycles. The van der Waals surface area contributed by atoms with Gasteiger partial charge in [-0.3, -0.25) is 0 Å². The molecule has 0 aromatic heterocycles. The van der Waals surface area contributed by atoms with E-state index in [0.717, 1.165) is 6.54 Å². The average Bonchev–Trinajstić information content (AvgIpc) is 1.65. The zero-order valence-corrected chi connectivity index (χ0v) is 7.11. The van der Waals surface area contributed by atoms with E-state index in [9.17, 15) is 0 Å². The van der Waals surface area contributed by atoms with E-state index < -0.39 is 0 Å². The number of aliphatic hydroxyl groups is 1. The highest BCUT2D eigenvalue weighted by atomic mass is 35.5. The molecule has 0 heterocycles. The summed E-state index contributed by atoms with van der Waals surface area (Å²) in [5.41, 5.74) is 0. The molecule has 0 saturated heterocycles. The lowest BCUT2D eigenvalue weighted by molar-refractivity contribution is 0.204. The summed E-state index contributed by atoms with van der Waals surface area (Å²) < 4.78 is 0. The van der Waals surface area contributed by atoms with Gasteiger partial charge in [-0.15, -0.1) is 12.4 Å². The summed E-state index contributed by atoms with van der Waals surface area (Å²) in [6.45, 7) is 3.29. The molecule has 0 aliphatic rings. The van der Waals surface area contributed by atoms with E-state index in [2.05, 4.69) is 4.90 Å². The van der Waals surface area contributed by atoms with Crippen LogP contribution in [0.2, 0.25) is 0 Å². The first kappa shape index (κ1) is 11.9. The van der Waals surface area contributed by atoms with Crippen LogP contribution >= 0.6 is 12.4 Å². The van der Waals surface area contributed by atoms with Gasteiger partial charge in [-0.2, -0.15) is 0 Å². The van der Waals surface area contributed by atoms with Gasteiger partial charge in [-0.05, 0) is 20.0 Å². The quantitative estimate of drug-likeness (QED) is 0.642. The predicted octanol–water partition coefficient (Wildman–Crippen LogP) is 0.598. The van der Waals surface area contributed by atoms with Crippen LogP contribution in [0.5, 0.6) is 0 Å². The third-order valence-electron chi connectivity index (χ3n) is 0.988. The number of nitrogens with zero attached hydrogens (tertiary/aromatic N) is 1. The molecular formula is C6H16ClNO. The Kier molecular flexibility index (Phi) is 8.40. The molecule has 0 amide bonds. The molecule has 3 heteroatoms. The highest BCUT2D eigenvalue weighted by Crippen LogP contribution is 1.92. The molecule has 0 aromatic rings. The molecule has 0 spiro atoms. The molecule has 2 nitrogen and oxygen atoms in total. The lowest BCUT2D eigenvalue weighted by Gasteiger charge is -2.13. The summed E-state index contributed by atoms with van der Waals surface area (Å²) in [6.07, 6.45) is 0. The molecule has 0 aromatic carbocycles. The fourth-order valence-corrected chi connectivity index (χ4v) is 0.681. The number of halogens is 1. The van der Waals surface area contributed by atoms with E-state index in [1.807, 2.05) is 21.0 Å². The van der Waals surface area contributed by atoms with E-state index in [4.69, 9.17) is 5.11 Å². The van der Waals surface area contributed by atoms with Crippen LogP contribution in [-0.2, 0) is 0 Å². The highest BCUT2D eigenvalue weighted by Gasteiger charge is 1.98. The van der Waals surface area contributed by atoms with E-state index >= 15 is 0 Å². The van der Waals surface area contributed by atoms with Gasteiger partial charge >= 0.3 is 0 Å². The number of rotatable bonds is 3. The van der Waals surface area contributed by atoms with Gasteiger partial charge in [0.1, 0.15) is 0 Å². The molecule has 0 saturated carbocycles. The van der Waals surface area contributed by atoms with Gasteiger partial charge < -0.3 is 10.0 Å². The van der Waals surface area contributed by atoms with Gasteiger partial charge in [-0.25, -0.2) is 0 Å². The first-order valence-electron chi connectivity index (χ1n) is 2.92. The highest BCUT2D eigenvalue weighted by molar-refractivity contribution is 5.85. The monoisotopic (exact) mass is 153 g/mol. The minimum atomic E-state index is 0. The van der Waals surface area contributed by atoms with E-state index in [1.54, 1.807) is 0 Å². The van der Waals surface area contributed by atoms with Crippen molar-refractivity contribution in [2.24, 2.45) is 5.92 Å². The Labute approximate surface area is 63.3 Å². The van der Waals surface area contributed by atoms with Crippen molar-refractivity contribution >= 4 is 12.4 Å². The van der Waals surface area contributed by atoms with Gasteiger partial charge in [0, 0.05) is 13.2 Å². The maximum absolute atomic E-state index is 8.56. The van der Waals surface area contributed by atoms with Crippen LogP contribution < -0.4 is 0 Å². The average molecular weight is 154 g/mol. The topological polar surface area (TPSA) is 23.5 Å². The van der Waals surface area contributed by atoms with E-state index in [0.29, 0.717) is 5.92 Å². The summed E-state index contributed by atoms with van der Waals surface area (Å²) in [5.74, 6) is 0.407. The molecule has 0 unspecified atom stereocenters. The van der Waals surface area contributed by atoms with Crippen LogP contribution in [0.25, 0.3) is 0 Å². The summed E-state index contributed by atoms with van der Waals surface area (Å²) in [4.78, 5) is 2.07. The molecule has 9 heavy (non-hydrogen) atoms. The summed E-state index contributed by atoms with van der Waals surface area (Å²) >= 11 is 0. The van der Waals surface area contributed by atoms with Crippen molar-refractivity contribution in [3.05, 3.63) is 0 Å². The summed E-state index contributed by atoms with van der Waals surface area (Å²) in [7, 11) is 4.01. The molecule has 58 valence electrons. The van der Waals surface area contributed by atoms with Crippen LogP contribution in [0.1, 0.15) is 6.92 Å². The second-order valence-electron chi connectivity index (χ2n) is 2.55. The van der Waals surface area contributed by atoms with Crippen molar-refractivity contribution < 1.29 is 5.11 Å². The van der Waals surface area contributed by atoms with Crippen molar-refractivity contribution in [3.63, 3.8) is 0 Å². The normalized spacial score (nSPS) is 13.0. The van der Waals surface area contributed by atoms with Gasteiger partial charge in [0.05, 0.1) is 0 Å². The van der Waals surface area contributed by atoms with Gasteiger partial charge in [-0.1, -0.05) is 6.92 Å². The zero-order valence-electron chi connectivity index (χ0n) is 6.29. The maximum Gasteiger partial charge on any atom is 0.0468 e. The van der Waals surface area contributed by atoms with Crippen LogP contribution in [0, 0.1) is 5.92 Å². The lowest BCUT2D eigenvalue weighted by Crippen LogP contribution is -2.21. The maximum atomic E-state index is 8.56. The zero-order chi connectivity index (χ0) is 6.57. The Morgan fingerprint density at radius 3 is 2.00 bits per heavy atom. The Bertz CT molecular complexity index is 59.0. The molecule has 0 radical (unpaired) electrons. The lowest BCUT2D eigenvalue weighted by atomic mass is 10.2. The van der Waals surface area contributed by atoms with Crippen LogP contribution in [-0.4, -0.2) is 37.3 Å². The molecule has 0 fully saturated rings. The van der Waals surface area contributed by atoms with Crippen LogP contribution in [0.3, 0.4) is 0 Å². The number of aliphatic hydroxyl groups excluding tert-OH is 1. The predicted molar refractivity (Wildman–Crippen MR) is 42.1 cm³/mol. The van der Waals surface area contributed by atoms with Crippen molar-refractivity contribution in [1.82, 2.24) is 4.90 Å². The molecular weight excluding hydrogens is 138 g/mol. The third kappa shape index (κ3) is 8.21. The second-order valence-corrected chi connectivity index (χ2v) is 2.55. The smallest absolute Gasteiger partial charge is 0.0468 e. The molecule has 1 atom stereocenters. The molecule has 0 bridgehead atoms. The minimum absolute atomic E-state index is 0. The number of hydrogen-bond acceptors (Lipinski definition) is 2. The second kappa shape index (κ2) is 6.33. The van der Waals surface area contributed by atoms with Crippen molar-refractivity contribution in [3.8, 4) is 0 Å². The Morgan fingerprint density at radius 1 is 1.44 bits per heavy atom. The molecule has 0 aliphatic carbocycles. The fraction of sp³-hybridized carbons (Fsp3) is 1.00. The van der Waals surface area contributed by atoms with Crippen LogP contribution in [0.15, 0.2) is 0 Å². The fourth-order valence-electron chi connectivity index (χ4n) is 0.681. The van der Waals surface area contributed by atoms with Crippen molar-refractivity contribution in [2.75, 3.05) is 27.2 Å². The summed E-state index contributed by atoms with van der Waals surface area (Å²) in [6, 6.07) is 0. The Morgan fingerprint density at radius 2 is 1.89 bits per heavy atom. The first-order chi connectivity index (χ1) is 3.66. The van der Waals surface area contributed by atoms with Crippen molar-refractivity contribution in [1.29, 1.82) is 0 Å². The molecule has 0 rings (SSSR count). The van der Waals surface area contributed by atoms with Gasteiger partial charge in [0.25, 0.3) is 0 Å². The van der Waals surface area contributed by atoms with Gasteiger partial charge in [0.15, 0.2) is 0 Å². The van der Waals surface area contributed by atoms with E-state index in [1.165, 1.54) is 0 Å². The van der Waals surface area contributed by atoms with Crippen LogP contribution in [0.4, 0.5) is 0 Å².